The Bertz CT molecular complexity index is 382. The second-order valence-electron chi connectivity index (χ2n) is 4.28. The molecule has 3 nitrogen and oxygen atoms in total. The van der Waals surface area contributed by atoms with Crippen molar-refractivity contribution < 1.29 is 0 Å². The van der Waals surface area contributed by atoms with Crippen LogP contribution in [-0.4, -0.2) is 25.6 Å². The Labute approximate surface area is 116 Å². The monoisotopic (exact) mass is 259 g/mol. The van der Waals surface area contributed by atoms with Crippen LogP contribution in [0.15, 0.2) is 47.5 Å². The van der Waals surface area contributed by atoms with Gasteiger partial charge in [-0.15, -0.1) is 0 Å². The SMILES string of the molecule is CC=CCCN=C(NCC)NCCc1ccccc1. The molecule has 0 heterocycles. The summed E-state index contributed by atoms with van der Waals surface area (Å²) in [4.78, 5) is 4.53. The summed E-state index contributed by atoms with van der Waals surface area (Å²) in [5.41, 5.74) is 1.35. The van der Waals surface area contributed by atoms with Crippen LogP contribution < -0.4 is 10.6 Å². The lowest BCUT2D eigenvalue weighted by Crippen LogP contribution is -2.38. The molecule has 1 aromatic rings. The first-order valence-electron chi connectivity index (χ1n) is 7.04. The van der Waals surface area contributed by atoms with Crippen LogP contribution in [0.2, 0.25) is 0 Å². The fraction of sp³-hybridized carbons (Fsp3) is 0.438. The summed E-state index contributed by atoms with van der Waals surface area (Å²) in [6.45, 7) is 6.73. The minimum atomic E-state index is 0.824. The van der Waals surface area contributed by atoms with Crippen LogP contribution in [0.4, 0.5) is 0 Å². The molecule has 0 aliphatic carbocycles. The maximum absolute atomic E-state index is 4.53. The van der Waals surface area contributed by atoms with Gasteiger partial charge in [0.2, 0.25) is 0 Å². The average molecular weight is 259 g/mol. The zero-order valence-corrected chi connectivity index (χ0v) is 12.0. The van der Waals surface area contributed by atoms with Gasteiger partial charge < -0.3 is 10.6 Å². The number of nitrogens with one attached hydrogen (secondary N) is 2. The number of benzene rings is 1. The predicted molar refractivity (Wildman–Crippen MR) is 83.6 cm³/mol. The van der Waals surface area contributed by atoms with Gasteiger partial charge in [-0.3, -0.25) is 4.99 Å². The standard InChI is InChI=1S/C16H25N3/c1-3-5-9-13-18-16(17-4-2)19-14-12-15-10-7-6-8-11-15/h3,5-8,10-11H,4,9,12-14H2,1-2H3,(H2,17,18,19). The van der Waals surface area contributed by atoms with E-state index in [1.165, 1.54) is 5.56 Å². The largest absolute Gasteiger partial charge is 0.357 e. The number of aliphatic imine (C=N–C) groups is 1. The topological polar surface area (TPSA) is 36.4 Å². The van der Waals surface area contributed by atoms with Crippen LogP contribution in [-0.2, 0) is 6.42 Å². The van der Waals surface area contributed by atoms with Gasteiger partial charge in [0.1, 0.15) is 0 Å². The Hall–Kier alpha value is -1.77. The predicted octanol–water partition coefficient (Wildman–Crippen LogP) is 2.75. The summed E-state index contributed by atoms with van der Waals surface area (Å²) in [5.74, 6) is 0.905. The van der Waals surface area contributed by atoms with E-state index in [-0.39, 0.29) is 0 Å². The summed E-state index contributed by atoms with van der Waals surface area (Å²) in [6.07, 6.45) is 6.20. The molecule has 19 heavy (non-hydrogen) atoms. The first kappa shape index (κ1) is 15.3. The second kappa shape index (κ2) is 10.2. The molecule has 0 aliphatic rings. The van der Waals surface area contributed by atoms with E-state index >= 15 is 0 Å². The molecule has 1 rings (SSSR count). The van der Waals surface area contributed by atoms with Crippen molar-refractivity contribution in [3.8, 4) is 0 Å². The van der Waals surface area contributed by atoms with Gasteiger partial charge in [-0.2, -0.15) is 0 Å². The number of hydrogen-bond donors (Lipinski definition) is 2. The van der Waals surface area contributed by atoms with Crippen molar-refractivity contribution in [2.75, 3.05) is 19.6 Å². The van der Waals surface area contributed by atoms with E-state index < -0.39 is 0 Å². The second-order valence-corrected chi connectivity index (χ2v) is 4.28. The highest BCUT2D eigenvalue weighted by Gasteiger charge is 1.96. The van der Waals surface area contributed by atoms with Gasteiger partial charge in [0.05, 0.1) is 0 Å². The third-order valence-corrected chi connectivity index (χ3v) is 2.69. The Kier molecular flexibility index (Phi) is 8.19. The molecule has 2 N–H and O–H groups in total. The molecule has 3 heteroatoms. The fourth-order valence-corrected chi connectivity index (χ4v) is 1.73. The van der Waals surface area contributed by atoms with Crippen LogP contribution in [0.1, 0.15) is 25.8 Å². The molecule has 0 atom stereocenters. The molecule has 0 saturated carbocycles. The average Bonchev–Trinajstić information content (AvgIpc) is 2.44. The number of guanidine groups is 1. The molecular formula is C16H25N3. The molecule has 0 saturated heterocycles. The minimum Gasteiger partial charge on any atom is -0.357 e. The molecule has 0 unspecified atom stereocenters. The third kappa shape index (κ3) is 7.29. The Balaban J connectivity index is 2.32. The summed E-state index contributed by atoms with van der Waals surface area (Å²) in [7, 11) is 0. The van der Waals surface area contributed by atoms with Gasteiger partial charge >= 0.3 is 0 Å². The highest BCUT2D eigenvalue weighted by molar-refractivity contribution is 5.79. The summed E-state index contributed by atoms with van der Waals surface area (Å²) < 4.78 is 0. The number of nitrogens with zero attached hydrogens (tertiary/aromatic N) is 1. The lowest BCUT2D eigenvalue weighted by atomic mass is 10.1. The summed E-state index contributed by atoms with van der Waals surface area (Å²) >= 11 is 0. The Morgan fingerprint density at radius 3 is 2.68 bits per heavy atom. The number of hydrogen-bond acceptors (Lipinski definition) is 1. The molecule has 0 aliphatic heterocycles. The molecule has 0 fully saturated rings. The van der Waals surface area contributed by atoms with Crippen LogP contribution in [0.5, 0.6) is 0 Å². The molecule has 0 radical (unpaired) electrons. The van der Waals surface area contributed by atoms with Crippen molar-refractivity contribution in [1.29, 1.82) is 0 Å². The van der Waals surface area contributed by atoms with Crippen LogP contribution in [0.3, 0.4) is 0 Å². The maximum atomic E-state index is 4.53. The quantitative estimate of drug-likeness (QED) is 0.342. The van der Waals surface area contributed by atoms with Gasteiger partial charge in [-0.05, 0) is 32.3 Å². The lowest BCUT2D eigenvalue weighted by Gasteiger charge is -2.11. The highest BCUT2D eigenvalue weighted by atomic mass is 15.2. The molecule has 0 bridgehead atoms. The van der Waals surface area contributed by atoms with E-state index in [1.807, 2.05) is 13.0 Å². The highest BCUT2D eigenvalue weighted by Crippen LogP contribution is 1.98. The molecular weight excluding hydrogens is 234 g/mol. The Morgan fingerprint density at radius 2 is 2.00 bits per heavy atom. The van der Waals surface area contributed by atoms with E-state index in [2.05, 4.69) is 59.0 Å². The smallest absolute Gasteiger partial charge is 0.191 e. The minimum absolute atomic E-state index is 0.824. The van der Waals surface area contributed by atoms with Crippen molar-refractivity contribution in [1.82, 2.24) is 10.6 Å². The molecule has 1 aromatic carbocycles. The van der Waals surface area contributed by atoms with Crippen molar-refractivity contribution in [2.45, 2.75) is 26.7 Å². The van der Waals surface area contributed by atoms with E-state index in [9.17, 15) is 0 Å². The van der Waals surface area contributed by atoms with Gasteiger partial charge in [-0.1, -0.05) is 42.5 Å². The van der Waals surface area contributed by atoms with Gasteiger partial charge in [-0.25, -0.2) is 0 Å². The summed E-state index contributed by atoms with van der Waals surface area (Å²) in [6, 6.07) is 10.5. The van der Waals surface area contributed by atoms with Crippen LogP contribution in [0, 0.1) is 0 Å². The van der Waals surface area contributed by atoms with Gasteiger partial charge in [0, 0.05) is 19.6 Å². The number of allylic oxidation sites excluding steroid dienone is 1. The van der Waals surface area contributed by atoms with Gasteiger partial charge in [0.25, 0.3) is 0 Å². The molecule has 0 amide bonds. The molecule has 0 aromatic heterocycles. The zero-order valence-electron chi connectivity index (χ0n) is 12.0. The summed E-state index contributed by atoms with van der Waals surface area (Å²) in [5, 5.41) is 6.62. The van der Waals surface area contributed by atoms with Gasteiger partial charge in [0.15, 0.2) is 5.96 Å². The van der Waals surface area contributed by atoms with E-state index in [0.717, 1.165) is 38.4 Å². The zero-order chi connectivity index (χ0) is 13.8. The van der Waals surface area contributed by atoms with Crippen LogP contribution in [0.25, 0.3) is 0 Å². The molecule has 104 valence electrons. The lowest BCUT2D eigenvalue weighted by molar-refractivity contribution is 0.799. The third-order valence-electron chi connectivity index (χ3n) is 2.69. The first-order chi connectivity index (χ1) is 9.36. The van der Waals surface area contributed by atoms with Crippen LogP contribution >= 0.6 is 0 Å². The van der Waals surface area contributed by atoms with E-state index in [4.69, 9.17) is 0 Å². The maximum Gasteiger partial charge on any atom is 0.191 e. The molecule has 0 spiro atoms. The van der Waals surface area contributed by atoms with Crippen molar-refractivity contribution in [3.63, 3.8) is 0 Å². The number of rotatable bonds is 7. The van der Waals surface area contributed by atoms with E-state index in [1.54, 1.807) is 0 Å². The van der Waals surface area contributed by atoms with Crippen molar-refractivity contribution in [3.05, 3.63) is 48.0 Å². The fourth-order valence-electron chi connectivity index (χ4n) is 1.73. The van der Waals surface area contributed by atoms with Crippen molar-refractivity contribution in [2.24, 2.45) is 4.99 Å². The Morgan fingerprint density at radius 1 is 1.21 bits per heavy atom. The van der Waals surface area contributed by atoms with E-state index in [0.29, 0.717) is 0 Å². The normalized spacial score (nSPS) is 11.8. The first-order valence-corrected chi connectivity index (χ1v) is 7.04. The van der Waals surface area contributed by atoms with Crippen molar-refractivity contribution >= 4 is 5.96 Å².